The van der Waals surface area contributed by atoms with E-state index in [1.54, 1.807) is 17.5 Å². The minimum atomic E-state index is 0.00292. The fourth-order valence-electron chi connectivity index (χ4n) is 3.33. The van der Waals surface area contributed by atoms with E-state index in [1.165, 1.54) is 12.8 Å². The largest absolute Gasteiger partial charge is 0.336 e. The Hall–Kier alpha value is -1.46. The zero-order valence-corrected chi connectivity index (χ0v) is 12.0. The number of piperidine rings is 3. The molecule has 1 unspecified atom stereocenters. The molecule has 0 saturated carbocycles. The van der Waals surface area contributed by atoms with Crippen molar-refractivity contribution in [3.8, 4) is 0 Å². The third kappa shape index (κ3) is 2.11. The number of pyridine rings is 1. The second kappa shape index (κ2) is 4.82. The molecule has 1 amide bonds. The molecule has 0 spiro atoms. The average molecular weight is 287 g/mol. The number of thiophene rings is 1. The molecule has 2 aromatic rings. The summed E-state index contributed by atoms with van der Waals surface area (Å²) in [6.07, 6.45) is 5.57. The highest BCUT2D eigenvalue weighted by Gasteiger charge is 2.34. The summed E-state index contributed by atoms with van der Waals surface area (Å²) in [6.45, 7) is 2.24. The van der Waals surface area contributed by atoms with Crippen LogP contribution in [0.3, 0.4) is 0 Å². The van der Waals surface area contributed by atoms with Gasteiger partial charge in [-0.3, -0.25) is 9.69 Å². The molecule has 5 rings (SSSR count). The van der Waals surface area contributed by atoms with E-state index >= 15 is 0 Å². The number of hydrogen-bond donors (Lipinski definition) is 1. The first kappa shape index (κ1) is 12.3. The summed E-state index contributed by atoms with van der Waals surface area (Å²) in [6, 6.07) is 3.94. The molecular weight excluding hydrogens is 270 g/mol. The van der Waals surface area contributed by atoms with Gasteiger partial charge in [-0.15, -0.1) is 11.3 Å². The van der Waals surface area contributed by atoms with Gasteiger partial charge in [0.05, 0.1) is 11.7 Å². The van der Waals surface area contributed by atoms with Gasteiger partial charge in [0.1, 0.15) is 4.83 Å². The normalized spacial score (nSPS) is 28.7. The van der Waals surface area contributed by atoms with E-state index in [0.717, 1.165) is 35.6 Å². The van der Waals surface area contributed by atoms with Crippen molar-refractivity contribution >= 4 is 27.5 Å². The molecule has 0 aromatic carbocycles. The van der Waals surface area contributed by atoms with Crippen molar-refractivity contribution < 1.29 is 4.79 Å². The van der Waals surface area contributed by atoms with Crippen LogP contribution in [0.4, 0.5) is 0 Å². The third-order valence-corrected chi connectivity index (χ3v) is 5.35. The highest BCUT2D eigenvalue weighted by Crippen LogP contribution is 2.30. The van der Waals surface area contributed by atoms with E-state index in [2.05, 4.69) is 15.2 Å². The van der Waals surface area contributed by atoms with E-state index in [0.29, 0.717) is 5.56 Å². The number of nitrogens with zero attached hydrogens (tertiary/aromatic N) is 2. The monoisotopic (exact) mass is 287 g/mol. The Bertz CT molecular complexity index is 645. The van der Waals surface area contributed by atoms with Crippen LogP contribution in [0, 0.1) is 5.92 Å². The Morgan fingerprint density at radius 2 is 2.25 bits per heavy atom. The predicted molar refractivity (Wildman–Crippen MR) is 79.8 cm³/mol. The summed E-state index contributed by atoms with van der Waals surface area (Å²) < 4.78 is 0. The Labute approximate surface area is 121 Å². The van der Waals surface area contributed by atoms with Gasteiger partial charge in [-0.25, -0.2) is 4.98 Å². The molecule has 1 atom stereocenters. The zero-order chi connectivity index (χ0) is 13.5. The predicted octanol–water partition coefficient (Wildman–Crippen LogP) is 2.47. The molecule has 0 radical (unpaired) electrons. The highest BCUT2D eigenvalue weighted by molar-refractivity contribution is 7.16. The number of fused-ring (bicyclic) bond motifs is 4. The molecule has 5 heteroatoms. The molecule has 2 aromatic heterocycles. The summed E-state index contributed by atoms with van der Waals surface area (Å²) in [4.78, 5) is 20.1. The minimum Gasteiger partial charge on any atom is -0.336 e. The number of carbonyl (C=O) groups is 1. The summed E-state index contributed by atoms with van der Waals surface area (Å²) >= 11 is 1.60. The van der Waals surface area contributed by atoms with Crippen molar-refractivity contribution in [3.63, 3.8) is 0 Å². The second-order valence-electron chi connectivity index (χ2n) is 5.74. The molecule has 3 aliphatic heterocycles. The van der Waals surface area contributed by atoms with Crippen LogP contribution in [0.25, 0.3) is 10.2 Å². The third-order valence-electron chi connectivity index (χ3n) is 4.51. The van der Waals surface area contributed by atoms with Crippen molar-refractivity contribution in [1.29, 1.82) is 0 Å². The van der Waals surface area contributed by atoms with Gasteiger partial charge in [-0.1, -0.05) is 0 Å². The fraction of sp³-hybridized carbons (Fsp3) is 0.467. The number of rotatable bonds is 2. The minimum absolute atomic E-state index is 0.00292. The first-order valence-electron chi connectivity index (χ1n) is 7.18. The molecule has 20 heavy (non-hydrogen) atoms. The van der Waals surface area contributed by atoms with E-state index in [9.17, 15) is 4.79 Å². The van der Waals surface area contributed by atoms with Gasteiger partial charge in [0.25, 0.3) is 5.91 Å². The van der Waals surface area contributed by atoms with E-state index < -0.39 is 0 Å². The Morgan fingerprint density at radius 1 is 1.40 bits per heavy atom. The summed E-state index contributed by atoms with van der Waals surface area (Å²) in [7, 11) is 0. The molecule has 0 aliphatic carbocycles. The van der Waals surface area contributed by atoms with Crippen molar-refractivity contribution in [1.82, 2.24) is 15.2 Å². The molecule has 104 valence electrons. The lowest BCUT2D eigenvalue weighted by Crippen LogP contribution is -2.56. The molecule has 5 heterocycles. The molecule has 2 bridgehead atoms. The van der Waals surface area contributed by atoms with Crippen molar-refractivity contribution in [2.45, 2.75) is 25.4 Å². The average Bonchev–Trinajstić information content (AvgIpc) is 2.96. The zero-order valence-electron chi connectivity index (χ0n) is 11.2. The Morgan fingerprint density at radius 3 is 3.00 bits per heavy atom. The van der Waals surface area contributed by atoms with Crippen LogP contribution in [0.1, 0.15) is 29.6 Å². The maximum absolute atomic E-state index is 12.4. The first-order chi connectivity index (χ1) is 9.79. The van der Waals surface area contributed by atoms with Crippen molar-refractivity contribution in [2.24, 2.45) is 5.92 Å². The van der Waals surface area contributed by atoms with Gasteiger partial charge in [0.15, 0.2) is 0 Å². The standard InChI is InChI=1S/C15H17N3OS/c19-14(12-8-11-3-6-20-15(11)16-9-12)17-13-7-10-1-4-18(13)5-2-10/h3,6,8-10,13H,1-2,4-5,7H2,(H,17,19). The lowest BCUT2D eigenvalue weighted by Gasteiger charge is -2.45. The number of nitrogens with one attached hydrogen (secondary N) is 1. The number of carbonyl (C=O) groups excluding carboxylic acids is 1. The van der Waals surface area contributed by atoms with Crippen LogP contribution in [-0.2, 0) is 0 Å². The number of amides is 1. The lowest BCUT2D eigenvalue weighted by molar-refractivity contribution is 0.0295. The van der Waals surface area contributed by atoms with Crippen LogP contribution < -0.4 is 5.32 Å². The van der Waals surface area contributed by atoms with Gasteiger partial charge < -0.3 is 5.32 Å². The Kier molecular flexibility index (Phi) is 2.97. The molecule has 3 fully saturated rings. The maximum Gasteiger partial charge on any atom is 0.254 e. The Balaban J connectivity index is 1.52. The van der Waals surface area contributed by atoms with Gasteiger partial charge in [-0.05, 0) is 42.7 Å². The summed E-state index contributed by atoms with van der Waals surface area (Å²) in [5, 5.41) is 6.23. The summed E-state index contributed by atoms with van der Waals surface area (Å²) in [5.74, 6) is 0.797. The number of aromatic nitrogens is 1. The molecule has 4 nitrogen and oxygen atoms in total. The SMILES string of the molecule is O=C(NC1CC2CCN1CC2)c1cnc2sccc2c1. The van der Waals surface area contributed by atoms with Crippen LogP contribution >= 0.6 is 11.3 Å². The van der Waals surface area contributed by atoms with Crippen LogP contribution in [0.5, 0.6) is 0 Å². The first-order valence-corrected chi connectivity index (χ1v) is 8.06. The van der Waals surface area contributed by atoms with Crippen LogP contribution in [0.2, 0.25) is 0 Å². The van der Waals surface area contributed by atoms with Gasteiger partial charge in [0, 0.05) is 24.7 Å². The lowest BCUT2D eigenvalue weighted by atomic mass is 9.86. The van der Waals surface area contributed by atoms with Gasteiger partial charge >= 0.3 is 0 Å². The fourth-order valence-corrected chi connectivity index (χ4v) is 4.05. The van der Waals surface area contributed by atoms with Gasteiger partial charge in [-0.2, -0.15) is 0 Å². The van der Waals surface area contributed by atoms with Gasteiger partial charge in [0.2, 0.25) is 0 Å². The smallest absolute Gasteiger partial charge is 0.254 e. The second-order valence-corrected chi connectivity index (χ2v) is 6.64. The number of hydrogen-bond acceptors (Lipinski definition) is 4. The topological polar surface area (TPSA) is 45.2 Å². The van der Waals surface area contributed by atoms with E-state index in [1.807, 2.05) is 17.5 Å². The molecule has 3 saturated heterocycles. The molecule has 1 N–H and O–H groups in total. The summed E-state index contributed by atoms with van der Waals surface area (Å²) in [5.41, 5.74) is 0.665. The van der Waals surface area contributed by atoms with Crippen LogP contribution in [-0.4, -0.2) is 35.0 Å². The molecule has 3 aliphatic rings. The van der Waals surface area contributed by atoms with Crippen LogP contribution in [0.15, 0.2) is 23.7 Å². The van der Waals surface area contributed by atoms with E-state index in [4.69, 9.17) is 0 Å². The highest BCUT2D eigenvalue weighted by atomic mass is 32.1. The quantitative estimate of drug-likeness (QED) is 0.923. The van der Waals surface area contributed by atoms with Crippen molar-refractivity contribution in [3.05, 3.63) is 29.3 Å². The van der Waals surface area contributed by atoms with E-state index in [-0.39, 0.29) is 12.1 Å². The van der Waals surface area contributed by atoms with Crippen molar-refractivity contribution in [2.75, 3.05) is 13.1 Å². The molecular formula is C15H17N3OS. The maximum atomic E-state index is 12.4.